The Labute approximate surface area is 214 Å². The van der Waals surface area contributed by atoms with Crippen LogP contribution in [0.25, 0.3) is 0 Å². The van der Waals surface area contributed by atoms with Gasteiger partial charge >= 0.3 is 5.97 Å². The Bertz CT molecular complexity index is 1090. The van der Waals surface area contributed by atoms with E-state index in [1.807, 2.05) is 42.5 Å². The molecule has 0 saturated carbocycles. The zero-order valence-electron chi connectivity index (χ0n) is 21.6. The van der Waals surface area contributed by atoms with E-state index in [9.17, 15) is 9.90 Å². The zero-order valence-corrected chi connectivity index (χ0v) is 21.6. The smallest absolute Gasteiger partial charge is 0.310 e. The second-order valence-electron chi connectivity index (χ2n) is 9.61. The summed E-state index contributed by atoms with van der Waals surface area (Å²) in [6, 6.07) is 23.9. The second kappa shape index (κ2) is 13.1. The van der Waals surface area contributed by atoms with Crippen LogP contribution in [0.5, 0.6) is 11.5 Å². The Hall–Kier alpha value is -3.35. The van der Waals surface area contributed by atoms with Crippen molar-refractivity contribution >= 4 is 5.97 Å². The van der Waals surface area contributed by atoms with Crippen LogP contribution in [-0.4, -0.2) is 50.1 Å². The Kier molecular flexibility index (Phi) is 9.91. The van der Waals surface area contributed by atoms with E-state index in [4.69, 9.17) is 14.2 Å². The van der Waals surface area contributed by atoms with E-state index in [1.54, 1.807) is 13.2 Å². The molecule has 0 amide bonds. The number of aliphatic hydroxyl groups is 1. The monoisotopic (exact) mass is 491 g/mol. The second-order valence-corrected chi connectivity index (χ2v) is 9.61. The molecule has 5 rings (SSSR count). The highest BCUT2D eigenvalue weighted by molar-refractivity contribution is 5.73. The summed E-state index contributed by atoms with van der Waals surface area (Å²) in [7, 11) is 3.01. The van der Waals surface area contributed by atoms with E-state index >= 15 is 0 Å². The van der Waals surface area contributed by atoms with Gasteiger partial charge in [-0.3, -0.25) is 4.79 Å². The molecular formula is C30H37NO5. The van der Waals surface area contributed by atoms with Crippen LogP contribution in [-0.2, 0) is 28.8 Å². The first-order valence-corrected chi connectivity index (χ1v) is 12.2. The summed E-state index contributed by atoms with van der Waals surface area (Å²) in [6.07, 6.45) is 1.48. The highest BCUT2D eigenvalue weighted by Gasteiger charge is 2.20. The number of nitrogens with one attached hydrogen (secondary N) is 1. The van der Waals surface area contributed by atoms with Gasteiger partial charge in [0.2, 0.25) is 0 Å². The van der Waals surface area contributed by atoms with Gasteiger partial charge in [-0.1, -0.05) is 54.6 Å². The van der Waals surface area contributed by atoms with E-state index in [1.165, 1.54) is 30.2 Å². The molecule has 0 aliphatic heterocycles. The number of carbonyl (C=O) groups is 1. The number of aliphatic hydroxyl groups excluding tert-OH is 1. The van der Waals surface area contributed by atoms with Gasteiger partial charge < -0.3 is 24.6 Å². The third-order valence-electron chi connectivity index (χ3n) is 5.99. The van der Waals surface area contributed by atoms with Crippen molar-refractivity contribution in [1.29, 1.82) is 0 Å². The molecule has 2 N–H and O–H groups in total. The van der Waals surface area contributed by atoms with Crippen molar-refractivity contribution in [1.82, 2.24) is 5.32 Å². The predicted octanol–water partition coefficient (Wildman–Crippen LogP) is 4.35. The molecule has 0 fully saturated rings. The Morgan fingerprint density at radius 3 is 2.22 bits per heavy atom. The van der Waals surface area contributed by atoms with Gasteiger partial charge in [-0.05, 0) is 61.6 Å². The average Bonchev–Trinajstić information content (AvgIpc) is 2.87. The minimum Gasteiger partial charge on any atom is -0.497 e. The number of hydrogen-bond acceptors (Lipinski definition) is 6. The van der Waals surface area contributed by atoms with Crippen LogP contribution in [0.15, 0.2) is 72.8 Å². The fourth-order valence-corrected chi connectivity index (χ4v) is 3.93. The molecule has 2 bridgehead atoms. The van der Waals surface area contributed by atoms with Crippen LogP contribution in [0.1, 0.15) is 36.1 Å². The number of methoxy groups -OCH3 is 2. The van der Waals surface area contributed by atoms with Crippen molar-refractivity contribution in [3.05, 3.63) is 95.1 Å². The molecular weight excluding hydrogens is 454 g/mol. The lowest BCUT2D eigenvalue weighted by molar-refractivity contribution is -0.139. The molecule has 2 aliphatic rings. The first kappa shape index (κ1) is 27.2. The van der Waals surface area contributed by atoms with E-state index in [0.29, 0.717) is 12.3 Å². The molecule has 6 heteroatoms. The maximum atomic E-state index is 11.5. The molecule has 3 aromatic carbocycles. The van der Waals surface area contributed by atoms with Crippen molar-refractivity contribution in [2.45, 2.75) is 44.8 Å². The largest absolute Gasteiger partial charge is 0.497 e. The van der Waals surface area contributed by atoms with Gasteiger partial charge in [0.25, 0.3) is 0 Å². The molecule has 6 nitrogen and oxygen atoms in total. The number of benzene rings is 3. The number of para-hydroxylation sites is 1. The predicted molar refractivity (Wildman–Crippen MR) is 142 cm³/mol. The van der Waals surface area contributed by atoms with E-state index in [-0.39, 0.29) is 24.5 Å². The third-order valence-corrected chi connectivity index (χ3v) is 5.99. The quantitative estimate of drug-likeness (QED) is 0.304. The normalized spacial score (nSPS) is 12.5. The molecule has 36 heavy (non-hydrogen) atoms. The number of fused-ring (bicyclic) bond motifs is 2. The fraction of sp³-hybridized carbons (Fsp3) is 0.367. The summed E-state index contributed by atoms with van der Waals surface area (Å²) in [5, 5.41) is 13.7. The maximum Gasteiger partial charge on any atom is 0.310 e. The van der Waals surface area contributed by atoms with Crippen LogP contribution >= 0.6 is 0 Å². The van der Waals surface area contributed by atoms with Gasteiger partial charge in [0.15, 0.2) is 0 Å². The van der Waals surface area contributed by atoms with Crippen LogP contribution in [0.3, 0.4) is 0 Å². The summed E-state index contributed by atoms with van der Waals surface area (Å²) in [5.41, 5.74) is 4.69. The number of β-amino-alcohol motifs (C(OH)–C–C–N with tert-alkyl or cyclic N) is 1. The lowest BCUT2D eigenvalue weighted by Gasteiger charge is -2.28. The topological polar surface area (TPSA) is 77.0 Å². The summed E-state index contributed by atoms with van der Waals surface area (Å²) in [6.45, 7) is 4.71. The van der Waals surface area contributed by atoms with Crippen LogP contribution in [0, 0.1) is 0 Å². The van der Waals surface area contributed by atoms with Gasteiger partial charge in [0.1, 0.15) is 24.2 Å². The van der Waals surface area contributed by atoms with Crippen molar-refractivity contribution in [3.8, 4) is 11.5 Å². The number of carbonyl (C=O) groups excluding carboxylic acids is 1. The maximum absolute atomic E-state index is 11.5. The number of ether oxygens (including phenoxy) is 3. The fourth-order valence-electron chi connectivity index (χ4n) is 3.93. The number of rotatable bonds is 11. The van der Waals surface area contributed by atoms with Crippen LogP contribution in [0.2, 0.25) is 0 Å². The molecule has 3 aromatic rings. The summed E-state index contributed by atoms with van der Waals surface area (Å²) in [4.78, 5) is 11.5. The summed E-state index contributed by atoms with van der Waals surface area (Å²) >= 11 is 0. The molecule has 1 unspecified atom stereocenters. The first-order valence-electron chi connectivity index (χ1n) is 12.2. The molecule has 1 atom stereocenters. The van der Waals surface area contributed by atoms with Crippen LogP contribution < -0.4 is 14.8 Å². The molecule has 0 aromatic heterocycles. The summed E-state index contributed by atoms with van der Waals surface area (Å²) < 4.78 is 15.6. The minimum absolute atomic E-state index is 0.129. The van der Waals surface area contributed by atoms with Gasteiger partial charge in [-0.2, -0.15) is 0 Å². The Morgan fingerprint density at radius 2 is 1.67 bits per heavy atom. The molecule has 2 aliphatic carbocycles. The lowest BCUT2D eigenvalue weighted by Crippen LogP contribution is -2.46. The van der Waals surface area contributed by atoms with E-state index in [0.717, 1.165) is 17.7 Å². The first-order chi connectivity index (χ1) is 17.3. The van der Waals surface area contributed by atoms with Gasteiger partial charge in [0.05, 0.1) is 20.6 Å². The highest BCUT2D eigenvalue weighted by atomic mass is 16.5. The lowest BCUT2D eigenvalue weighted by atomic mass is 9.94. The Morgan fingerprint density at radius 1 is 1.00 bits per heavy atom. The van der Waals surface area contributed by atoms with Gasteiger partial charge in [0, 0.05) is 17.6 Å². The molecule has 0 heterocycles. The van der Waals surface area contributed by atoms with Crippen molar-refractivity contribution < 1.29 is 24.1 Å². The highest BCUT2D eigenvalue weighted by Crippen LogP contribution is 2.20. The molecule has 192 valence electrons. The average molecular weight is 492 g/mol. The van der Waals surface area contributed by atoms with Gasteiger partial charge in [-0.25, -0.2) is 0 Å². The number of hydrogen-bond donors (Lipinski definition) is 2. The molecule has 0 radical (unpaired) electrons. The number of esters is 1. The molecule has 0 saturated heterocycles. The zero-order chi connectivity index (χ0) is 26.0. The standard InChI is InChI=1S/C23H31NO5.C7H6/c1-23(2,14-17-9-11-20(27-3)12-10-17)24-15-19(25)16-29-21-8-6-5-7-18(21)13-22(26)28-4;1-2-6-4-7(3-1)5-6/h5-12,19,24-25H,13-16H2,1-4H3;1-4H,5H2. The summed E-state index contributed by atoms with van der Waals surface area (Å²) in [5.74, 6) is 1.08. The van der Waals surface area contributed by atoms with Gasteiger partial charge in [-0.15, -0.1) is 0 Å². The van der Waals surface area contributed by atoms with E-state index in [2.05, 4.69) is 43.4 Å². The molecule has 0 spiro atoms. The third kappa shape index (κ3) is 8.70. The Balaban J connectivity index is 0.000000433. The SMILES string of the molecule is COC(=O)Cc1ccccc1OCC(O)CNC(C)(C)Cc1ccc(OC)cc1.c1cc2cc(c1)C2. The van der Waals surface area contributed by atoms with Crippen LogP contribution in [0.4, 0.5) is 0 Å². The minimum atomic E-state index is -0.684. The van der Waals surface area contributed by atoms with Crippen molar-refractivity contribution in [2.24, 2.45) is 0 Å². The van der Waals surface area contributed by atoms with Crippen molar-refractivity contribution in [3.63, 3.8) is 0 Å². The van der Waals surface area contributed by atoms with E-state index < -0.39 is 6.10 Å². The van der Waals surface area contributed by atoms with Crippen molar-refractivity contribution in [2.75, 3.05) is 27.4 Å².